The number of hydrogen-bond acceptors (Lipinski definition) is 4. The topological polar surface area (TPSA) is 58.1 Å². The molecule has 0 radical (unpaired) electrons. The first-order valence-electron chi connectivity index (χ1n) is 9.25. The molecule has 5 nitrogen and oxygen atoms in total. The van der Waals surface area contributed by atoms with Gasteiger partial charge in [0.2, 0.25) is 11.9 Å². The van der Waals surface area contributed by atoms with Gasteiger partial charge in [-0.1, -0.05) is 20.8 Å². The summed E-state index contributed by atoms with van der Waals surface area (Å²) in [4.78, 5) is 23.5. The summed E-state index contributed by atoms with van der Waals surface area (Å²) in [5, 5.41) is 3.31. The molecule has 1 aliphatic heterocycles. The lowest BCUT2D eigenvalue weighted by Crippen LogP contribution is -2.48. The second kappa shape index (κ2) is 7.08. The zero-order valence-electron chi connectivity index (χ0n) is 15.2. The Labute approximate surface area is 145 Å². The van der Waals surface area contributed by atoms with Crippen molar-refractivity contribution in [3.8, 4) is 0 Å². The number of carbonyl (C=O) groups is 1. The van der Waals surface area contributed by atoms with Crippen LogP contribution in [0.15, 0.2) is 18.5 Å². The maximum atomic E-state index is 12.7. The summed E-state index contributed by atoms with van der Waals surface area (Å²) in [5.74, 6) is 1.88. The third-order valence-electron chi connectivity index (χ3n) is 5.43. The monoisotopic (exact) mass is 330 g/mol. The third kappa shape index (κ3) is 4.25. The van der Waals surface area contributed by atoms with Crippen LogP contribution in [0, 0.1) is 17.3 Å². The summed E-state index contributed by atoms with van der Waals surface area (Å²) in [6, 6.07) is 2.13. The quantitative estimate of drug-likeness (QED) is 0.925. The first kappa shape index (κ1) is 17.2. The molecule has 5 heteroatoms. The van der Waals surface area contributed by atoms with Crippen LogP contribution < -0.4 is 10.2 Å². The van der Waals surface area contributed by atoms with E-state index in [2.05, 4.69) is 41.0 Å². The molecule has 1 N–H and O–H groups in total. The van der Waals surface area contributed by atoms with Gasteiger partial charge in [-0.3, -0.25) is 4.79 Å². The largest absolute Gasteiger partial charge is 0.353 e. The summed E-state index contributed by atoms with van der Waals surface area (Å²) in [5.41, 5.74) is 0.285. The van der Waals surface area contributed by atoms with E-state index in [9.17, 15) is 4.79 Å². The molecule has 3 rings (SSSR count). The molecule has 1 aromatic rings. The number of aromatic nitrogens is 2. The van der Waals surface area contributed by atoms with Crippen molar-refractivity contribution < 1.29 is 4.79 Å². The van der Waals surface area contributed by atoms with Gasteiger partial charge in [0.05, 0.1) is 0 Å². The first-order valence-corrected chi connectivity index (χ1v) is 9.25. The zero-order valence-corrected chi connectivity index (χ0v) is 15.2. The highest BCUT2D eigenvalue weighted by molar-refractivity contribution is 5.79. The molecule has 1 aliphatic carbocycles. The van der Waals surface area contributed by atoms with Crippen molar-refractivity contribution in [1.82, 2.24) is 15.3 Å². The molecule has 0 aromatic carbocycles. The highest BCUT2D eigenvalue weighted by Crippen LogP contribution is 2.41. The maximum Gasteiger partial charge on any atom is 0.225 e. The normalized spacial score (nSPS) is 27.7. The number of piperidine rings is 1. The minimum atomic E-state index is 0.180. The van der Waals surface area contributed by atoms with Gasteiger partial charge in [0.15, 0.2) is 0 Å². The van der Waals surface area contributed by atoms with E-state index < -0.39 is 0 Å². The van der Waals surface area contributed by atoms with Crippen molar-refractivity contribution in [2.45, 2.75) is 58.9 Å². The number of nitrogens with zero attached hydrogens (tertiary/aromatic N) is 3. The van der Waals surface area contributed by atoms with Crippen molar-refractivity contribution in [3.63, 3.8) is 0 Å². The van der Waals surface area contributed by atoms with E-state index in [1.54, 1.807) is 12.4 Å². The van der Waals surface area contributed by atoms with Crippen LogP contribution >= 0.6 is 0 Å². The standard InChI is InChI=1S/C19H30N4O/c1-14-11-15(13-19(2,3)12-14)17(24)22-16-5-9-23(10-6-16)18-20-7-4-8-21-18/h4,7-8,14-16H,5-6,9-13H2,1-3H3,(H,22,24)/t14-,15+/m1/s1. The predicted octanol–water partition coefficient (Wildman–Crippen LogP) is 3.02. The summed E-state index contributed by atoms with van der Waals surface area (Å²) in [6.07, 6.45) is 8.77. The Morgan fingerprint density at radius 1 is 1.21 bits per heavy atom. The summed E-state index contributed by atoms with van der Waals surface area (Å²) >= 11 is 0. The van der Waals surface area contributed by atoms with Gasteiger partial charge in [-0.25, -0.2) is 9.97 Å². The zero-order chi connectivity index (χ0) is 17.2. The van der Waals surface area contributed by atoms with Crippen LogP contribution in [0.25, 0.3) is 0 Å². The average Bonchev–Trinajstić information content (AvgIpc) is 2.54. The lowest BCUT2D eigenvalue weighted by atomic mass is 9.68. The van der Waals surface area contributed by atoms with E-state index >= 15 is 0 Å². The molecule has 1 aromatic heterocycles. The Morgan fingerprint density at radius 2 is 1.88 bits per heavy atom. The molecule has 2 aliphatic rings. The molecular weight excluding hydrogens is 300 g/mol. The number of anilines is 1. The fourth-order valence-corrected chi connectivity index (χ4v) is 4.54. The Hall–Kier alpha value is -1.65. The molecular formula is C19H30N4O. The second-order valence-electron chi connectivity index (χ2n) is 8.43. The third-order valence-corrected chi connectivity index (χ3v) is 5.43. The molecule has 2 heterocycles. The van der Waals surface area contributed by atoms with Gasteiger partial charge in [-0.05, 0) is 49.5 Å². The molecule has 24 heavy (non-hydrogen) atoms. The van der Waals surface area contributed by atoms with Crippen molar-refractivity contribution in [3.05, 3.63) is 18.5 Å². The smallest absolute Gasteiger partial charge is 0.225 e. The van der Waals surface area contributed by atoms with Crippen LogP contribution in [-0.2, 0) is 4.79 Å². The van der Waals surface area contributed by atoms with Crippen LogP contribution in [0.5, 0.6) is 0 Å². The Morgan fingerprint density at radius 3 is 2.50 bits per heavy atom. The highest BCUT2D eigenvalue weighted by atomic mass is 16.1. The molecule has 1 saturated carbocycles. The van der Waals surface area contributed by atoms with Crippen LogP contribution in [0.2, 0.25) is 0 Å². The van der Waals surface area contributed by atoms with E-state index in [1.807, 2.05) is 6.07 Å². The Bertz CT molecular complexity index is 552. The van der Waals surface area contributed by atoms with Crippen LogP contribution in [0.4, 0.5) is 5.95 Å². The Kier molecular flexibility index (Phi) is 5.07. The number of nitrogens with one attached hydrogen (secondary N) is 1. The predicted molar refractivity (Wildman–Crippen MR) is 95.7 cm³/mol. The van der Waals surface area contributed by atoms with Gasteiger partial charge in [0.1, 0.15) is 0 Å². The lowest BCUT2D eigenvalue weighted by Gasteiger charge is -2.39. The highest BCUT2D eigenvalue weighted by Gasteiger charge is 2.36. The fraction of sp³-hybridized carbons (Fsp3) is 0.737. The minimum absolute atomic E-state index is 0.180. The maximum absolute atomic E-state index is 12.7. The van der Waals surface area contributed by atoms with E-state index in [-0.39, 0.29) is 23.3 Å². The fourth-order valence-electron chi connectivity index (χ4n) is 4.54. The molecule has 0 bridgehead atoms. The molecule has 0 spiro atoms. The minimum Gasteiger partial charge on any atom is -0.353 e. The summed E-state index contributed by atoms with van der Waals surface area (Å²) in [6.45, 7) is 8.67. The van der Waals surface area contributed by atoms with E-state index in [1.165, 1.54) is 6.42 Å². The average molecular weight is 330 g/mol. The number of rotatable bonds is 3. The van der Waals surface area contributed by atoms with Gasteiger partial charge < -0.3 is 10.2 Å². The molecule has 2 atom stereocenters. The van der Waals surface area contributed by atoms with Crippen LogP contribution in [0.3, 0.4) is 0 Å². The molecule has 1 amide bonds. The summed E-state index contributed by atoms with van der Waals surface area (Å²) in [7, 11) is 0. The molecule has 1 saturated heterocycles. The number of carbonyl (C=O) groups excluding carboxylic acids is 1. The van der Waals surface area contributed by atoms with Gasteiger partial charge in [-0.15, -0.1) is 0 Å². The van der Waals surface area contributed by atoms with E-state index in [0.29, 0.717) is 5.92 Å². The van der Waals surface area contributed by atoms with Crippen LogP contribution in [0.1, 0.15) is 52.9 Å². The van der Waals surface area contributed by atoms with Crippen molar-refractivity contribution in [2.24, 2.45) is 17.3 Å². The number of hydrogen-bond donors (Lipinski definition) is 1. The van der Waals surface area contributed by atoms with Crippen molar-refractivity contribution in [1.29, 1.82) is 0 Å². The first-order chi connectivity index (χ1) is 11.4. The Balaban J connectivity index is 1.50. The lowest BCUT2D eigenvalue weighted by molar-refractivity contribution is -0.128. The van der Waals surface area contributed by atoms with Crippen molar-refractivity contribution in [2.75, 3.05) is 18.0 Å². The second-order valence-corrected chi connectivity index (χ2v) is 8.43. The van der Waals surface area contributed by atoms with Crippen molar-refractivity contribution >= 4 is 11.9 Å². The van der Waals surface area contributed by atoms with Gasteiger partial charge >= 0.3 is 0 Å². The van der Waals surface area contributed by atoms with Gasteiger partial charge in [0.25, 0.3) is 0 Å². The van der Waals surface area contributed by atoms with E-state index in [4.69, 9.17) is 0 Å². The molecule has 132 valence electrons. The summed E-state index contributed by atoms with van der Waals surface area (Å²) < 4.78 is 0. The van der Waals surface area contributed by atoms with Gasteiger partial charge in [0, 0.05) is 37.4 Å². The molecule has 2 fully saturated rings. The molecule has 0 unspecified atom stereocenters. The SMILES string of the molecule is C[C@@H]1C[C@H](C(=O)NC2CCN(c3ncccn3)CC2)CC(C)(C)C1. The van der Waals surface area contributed by atoms with Gasteiger partial charge in [-0.2, -0.15) is 0 Å². The van der Waals surface area contributed by atoms with E-state index in [0.717, 1.165) is 44.7 Å². The number of amides is 1. The van der Waals surface area contributed by atoms with Crippen LogP contribution in [-0.4, -0.2) is 35.0 Å².